The van der Waals surface area contributed by atoms with Crippen LogP contribution in [0.15, 0.2) is 24.3 Å². The lowest BCUT2D eigenvalue weighted by atomic mass is 10.1. The number of nitrogens with two attached hydrogens (primary N) is 1. The van der Waals surface area contributed by atoms with E-state index >= 15 is 0 Å². The second kappa shape index (κ2) is 5.16. The van der Waals surface area contributed by atoms with Crippen molar-refractivity contribution in [2.24, 2.45) is 5.73 Å². The molecule has 0 radical (unpaired) electrons. The van der Waals surface area contributed by atoms with E-state index in [1.54, 1.807) is 29.2 Å². The lowest BCUT2D eigenvalue weighted by Crippen LogP contribution is -2.48. The number of carboxylic acids is 1. The molecule has 1 aliphatic heterocycles. The maximum atomic E-state index is 11.7. The first-order valence-electron chi connectivity index (χ1n) is 5.69. The van der Waals surface area contributed by atoms with Crippen molar-refractivity contribution in [1.29, 1.82) is 0 Å². The van der Waals surface area contributed by atoms with Crippen LogP contribution in [0.2, 0.25) is 0 Å². The molecule has 96 valence electrons. The van der Waals surface area contributed by atoms with Crippen LogP contribution in [-0.4, -0.2) is 36.6 Å². The average molecular weight is 249 g/mol. The van der Waals surface area contributed by atoms with E-state index in [2.05, 4.69) is 5.32 Å². The number of benzene rings is 1. The van der Waals surface area contributed by atoms with E-state index in [4.69, 9.17) is 10.8 Å². The molecule has 1 atom stereocenters. The number of aliphatic carboxylic acids is 1. The molecule has 1 amide bonds. The molecule has 0 aliphatic carbocycles. The third-order valence-electron chi connectivity index (χ3n) is 2.90. The Labute approximate surface area is 104 Å². The minimum Gasteiger partial charge on any atom is -0.480 e. The number of piperazine rings is 1. The van der Waals surface area contributed by atoms with Gasteiger partial charge in [0.05, 0.1) is 6.54 Å². The standard InChI is InChI=1S/C12H15N3O3/c13-11(12(17)18)8-2-1-3-9(6-8)15-5-4-14-7-10(15)16/h1-3,6,11,14H,4-5,7,13H2,(H,17,18). The van der Waals surface area contributed by atoms with E-state index in [1.807, 2.05) is 0 Å². The third-order valence-corrected chi connectivity index (χ3v) is 2.90. The van der Waals surface area contributed by atoms with Gasteiger partial charge in [0, 0.05) is 18.8 Å². The van der Waals surface area contributed by atoms with E-state index in [1.165, 1.54) is 0 Å². The first-order chi connectivity index (χ1) is 8.59. The van der Waals surface area contributed by atoms with Crippen molar-refractivity contribution in [3.05, 3.63) is 29.8 Å². The summed E-state index contributed by atoms with van der Waals surface area (Å²) in [5.74, 6) is -1.11. The van der Waals surface area contributed by atoms with Crippen LogP contribution in [0.5, 0.6) is 0 Å². The van der Waals surface area contributed by atoms with Crippen molar-refractivity contribution in [3.63, 3.8) is 0 Å². The number of hydrogen-bond donors (Lipinski definition) is 3. The fourth-order valence-corrected chi connectivity index (χ4v) is 1.91. The van der Waals surface area contributed by atoms with Gasteiger partial charge in [0.15, 0.2) is 0 Å². The number of amides is 1. The quantitative estimate of drug-likeness (QED) is 0.684. The Morgan fingerprint density at radius 3 is 2.94 bits per heavy atom. The average Bonchev–Trinajstić information content (AvgIpc) is 2.38. The fraction of sp³-hybridized carbons (Fsp3) is 0.333. The number of anilines is 1. The van der Waals surface area contributed by atoms with Gasteiger partial charge in [-0.1, -0.05) is 12.1 Å². The zero-order valence-electron chi connectivity index (χ0n) is 9.80. The molecule has 2 rings (SSSR count). The third kappa shape index (κ3) is 2.49. The second-order valence-corrected chi connectivity index (χ2v) is 4.13. The van der Waals surface area contributed by atoms with Crippen LogP contribution in [0.4, 0.5) is 5.69 Å². The highest BCUT2D eigenvalue weighted by Crippen LogP contribution is 2.20. The van der Waals surface area contributed by atoms with Gasteiger partial charge in [-0.15, -0.1) is 0 Å². The van der Waals surface area contributed by atoms with Gasteiger partial charge in [0.1, 0.15) is 6.04 Å². The molecule has 1 aliphatic rings. The second-order valence-electron chi connectivity index (χ2n) is 4.13. The Hall–Kier alpha value is -1.92. The molecule has 1 saturated heterocycles. The number of hydrogen-bond acceptors (Lipinski definition) is 4. The highest BCUT2D eigenvalue weighted by molar-refractivity contribution is 5.95. The van der Waals surface area contributed by atoms with Crippen molar-refractivity contribution in [1.82, 2.24) is 5.32 Å². The monoisotopic (exact) mass is 249 g/mol. The lowest BCUT2D eigenvalue weighted by molar-refractivity contribution is -0.138. The maximum Gasteiger partial charge on any atom is 0.325 e. The van der Waals surface area contributed by atoms with Crippen LogP contribution in [0.25, 0.3) is 0 Å². The summed E-state index contributed by atoms with van der Waals surface area (Å²) in [4.78, 5) is 24.2. The van der Waals surface area contributed by atoms with E-state index < -0.39 is 12.0 Å². The molecule has 0 aromatic heterocycles. The lowest BCUT2D eigenvalue weighted by Gasteiger charge is -2.28. The Kier molecular flexibility index (Phi) is 3.59. The molecule has 1 aromatic rings. The van der Waals surface area contributed by atoms with Crippen molar-refractivity contribution in [3.8, 4) is 0 Å². The van der Waals surface area contributed by atoms with Gasteiger partial charge in [-0.3, -0.25) is 9.59 Å². The molecular formula is C12H15N3O3. The molecule has 0 bridgehead atoms. The molecule has 1 heterocycles. The van der Waals surface area contributed by atoms with Crippen LogP contribution >= 0.6 is 0 Å². The van der Waals surface area contributed by atoms with Gasteiger partial charge in [0.25, 0.3) is 0 Å². The smallest absolute Gasteiger partial charge is 0.325 e. The molecule has 4 N–H and O–H groups in total. The zero-order valence-corrected chi connectivity index (χ0v) is 9.80. The van der Waals surface area contributed by atoms with Crippen molar-refractivity contribution in [2.45, 2.75) is 6.04 Å². The SMILES string of the molecule is NC(C(=O)O)c1cccc(N2CCNCC2=O)c1. The molecule has 6 nitrogen and oxygen atoms in total. The first-order valence-corrected chi connectivity index (χ1v) is 5.69. The van der Waals surface area contributed by atoms with Crippen molar-refractivity contribution < 1.29 is 14.7 Å². The Morgan fingerprint density at radius 1 is 1.50 bits per heavy atom. The predicted molar refractivity (Wildman–Crippen MR) is 66.2 cm³/mol. The van der Waals surface area contributed by atoms with E-state index in [9.17, 15) is 9.59 Å². The molecule has 1 aromatic carbocycles. The van der Waals surface area contributed by atoms with Crippen LogP contribution in [0.1, 0.15) is 11.6 Å². The van der Waals surface area contributed by atoms with E-state index in [-0.39, 0.29) is 5.91 Å². The Balaban J connectivity index is 2.26. The summed E-state index contributed by atoms with van der Waals surface area (Å²) >= 11 is 0. The summed E-state index contributed by atoms with van der Waals surface area (Å²) in [7, 11) is 0. The number of nitrogens with zero attached hydrogens (tertiary/aromatic N) is 1. The minimum absolute atomic E-state index is 0.0257. The maximum absolute atomic E-state index is 11.7. The van der Waals surface area contributed by atoms with E-state index in [0.717, 1.165) is 6.54 Å². The topological polar surface area (TPSA) is 95.7 Å². The highest BCUT2D eigenvalue weighted by Gasteiger charge is 2.21. The minimum atomic E-state index is -1.08. The van der Waals surface area contributed by atoms with Gasteiger partial charge in [-0.2, -0.15) is 0 Å². The summed E-state index contributed by atoms with van der Waals surface area (Å²) in [5.41, 5.74) is 6.74. The summed E-state index contributed by atoms with van der Waals surface area (Å²) < 4.78 is 0. The van der Waals surface area contributed by atoms with Gasteiger partial charge in [-0.05, 0) is 17.7 Å². The summed E-state index contributed by atoms with van der Waals surface area (Å²) in [5, 5.41) is 11.9. The molecule has 18 heavy (non-hydrogen) atoms. The molecule has 0 spiro atoms. The number of rotatable bonds is 3. The number of nitrogens with one attached hydrogen (secondary N) is 1. The molecule has 6 heteroatoms. The predicted octanol–water partition coefficient (Wildman–Crippen LogP) is -0.293. The first kappa shape index (κ1) is 12.5. The van der Waals surface area contributed by atoms with Gasteiger partial charge in [-0.25, -0.2) is 0 Å². The summed E-state index contributed by atoms with van der Waals surface area (Å²) in [6, 6.07) is 5.73. The van der Waals surface area contributed by atoms with Gasteiger partial charge < -0.3 is 21.1 Å². The number of carboxylic acid groups (broad SMARTS) is 1. The van der Waals surface area contributed by atoms with E-state index in [0.29, 0.717) is 24.3 Å². The molecule has 1 fully saturated rings. The van der Waals surface area contributed by atoms with Crippen LogP contribution < -0.4 is 16.0 Å². The van der Waals surface area contributed by atoms with Crippen molar-refractivity contribution >= 4 is 17.6 Å². The normalized spacial score (nSPS) is 17.6. The molecular weight excluding hydrogens is 234 g/mol. The fourth-order valence-electron chi connectivity index (χ4n) is 1.91. The highest BCUT2D eigenvalue weighted by atomic mass is 16.4. The number of carbonyl (C=O) groups is 2. The Morgan fingerprint density at radius 2 is 2.28 bits per heavy atom. The Bertz CT molecular complexity index is 475. The van der Waals surface area contributed by atoms with Crippen LogP contribution in [0, 0.1) is 0 Å². The van der Waals surface area contributed by atoms with Crippen molar-refractivity contribution in [2.75, 3.05) is 24.5 Å². The summed E-state index contributed by atoms with van der Waals surface area (Å²) in [6.45, 7) is 1.60. The zero-order chi connectivity index (χ0) is 13.1. The molecule has 1 unspecified atom stereocenters. The molecule has 0 saturated carbocycles. The summed E-state index contributed by atoms with van der Waals surface area (Å²) in [6.07, 6.45) is 0. The largest absolute Gasteiger partial charge is 0.480 e. The van der Waals surface area contributed by atoms with Gasteiger partial charge in [0.2, 0.25) is 5.91 Å². The van der Waals surface area contributed by atoms with Gasteiger partial charge >= 0.3 is 5.97 Å². The number of carbonyl (C=O) groups excluding carboxylic acids is 1. The van der Waals surface area contributed by atoms with Crippen LogP contribution in [0.3, 0.4) is 0 Å². The van der Waals surface area contributed by atoms with Crippen LogP contribution in [-0.2, 0) is 9.59 Å².